The first-order valence-corrected chi connectivity index (χ1v) is 5.76. The third kappa shape index (κ3) is 2.22. The van der Waals surface area contributed by atoms with Gasteiger partial charge in [-0.05, 0) is 54.7 Å². The largest absolute Gasteiger partial charge is 0.384 e. The molecule has 0 aliphatic carbocycles. The number of hydrogen-bond donors (Lipinski definition) is 1. The van der Waals surface area contributed by atoms with Crippen LogP contribution >= 0.6 is 0 Å². The van der Waals surface area contributed by atoms with Crippen molar-refractivity contribution in [2.24, 2.45) is 0 Å². The van der Waals surface area contributed by atoms with E-state index < -0.39 is 6.10 Å². The average molecular weight is 227 g/mol. The molecule has 0 saturated heterocycles. The molecule has 0 aliphatic rings. The van der Waals surface area contributed by atoms with Gasteiger partial charge < -0.3 is 5.11 Å². The summed E-state index contributed by atoms with van der Waals surface area (Å²) in [6.45, 7) is 6.08. The van der Waals surface area contributed by atoms with Crippen LogP contribution in [0.3, 0.4) is 0 Å². The van der Waals surface area contributed by atoms with Gasteiger partial charge in [0, 0.05) is 12.4 Å². The van der Waals surface area contributed by atoms with Crippen molar-refractivity contribution in [1.82, 2.24) is 4.98 Å². The Bertz CT molecular complexity index is 534. The summed E-state index contributed by atoms with van der Waals surface area (Å²) in [6, 6.07) is 7.90. The minimum absolute atomic E-state index is 0.571. The number of aliphatic hydroxyl groups is 1. The van der Waals surface area contributed by atoms with Gasteiger partial charge in [0.25, 0.3) is 0 Å². The average Bonchev–Trinajstić information content (AvgIpc) is 2.32. The number of rotatable bonds is 2. The highest BCUT2D eigenvalue weighted by Gasteiger charge is 2.15. The Labute approximate surface area is 102 Å². The molecule has 2 nitrogen and oxygen atoms in total. The van der Waals surface area contributed by atoms with Crippen LogP contribution < -0.4 is 0 Å². The number of benzene rings is 1. The van der Waals surface area contributed by atoms with Crippen molar-refractivity contribution < 1.29 is 5.11 Å². The fourth-order valence-corrected chi connectivity index (χ4v) is 2.03. The second-order valence-electron chi connectivity index (χ2n) is 4.42. The minimum atomic E-state index is -0.571. The van der Waals surface area contributed by atoms with Gasteiger partial charge in [0.05, 0.1) is 0 Å². The smallest absolute Gasteiger partial charge is 0.105 e. The summed E-state index contributed by atoms with van der Waals surface area (Å²) in [4.78, 5) is 4.05. The SMILES string of the molecule is Cc1cnccc1C(O)c1cccc(C)c1C. The molecular formula is C15H17NO. The van der Waals surface area contributed by atoms with Crippen molar-refractivity contribution in [2.45, 2.75) is 26.9 Å². The summed E-state index contributed by atoms with van der Waals surface area (Å²) in [6.07, 6.45) is 2.93. The molecule has 0 bridgehead atoms. The number of pyridine rings is 1. The predicted molar refractivity (Wildman–Crippen MR) is 69.0 cm³/mol. The molecule has 88 valence electrons. The van der Waals surface area contributed by atoms with E-state index >= 15 is 0 Å². The molecule has 1 N–H and O–H groups in total. The van der Waals surface area contributed by atoms with Crippen LogP contribution in [0.5, 0.6) is 0 Å². The van der Waals surface area contributed by atoms with Gasteiger partial charge in [0.15, 0.2) is 0 Å². The second-order valence-corrected chi connectivity index (χ2v) is 4.42. The normalized spacial score (nSPS) is 12.5. The zero-order chi connectivity index (χ0) is 12.4. The van der Waals surface area contributed by atoms with Gasteiger partial charge >= 0.3 is 0 Å². The number of nitrogens with zero attached hydrogens (tertiary/aromatic N) is 1. The Hall–Kier alpha value is -1.67. The molecule has 2 rings (SSSR count). The lowest BCUT2D eigenvalue weighted by atomic mass is 9.93. The van der Waals surface area contributed by atoms with E-state index in [9.17, 15) is 5.11 Å². The van der Waals surface area contributed by atoms with Gasteiger partial charge in [-0.3, -0.25) is 4.98 Å². The van der Waals surface area contributed by atoms with E-state index in [0.29, 0.717) is 0 Å². The molecule has 0 amide bonds. The van der Waals surface area contributed by atoms with Crippen molar-refractivity contribution in [3.63, 3.8) is 0 Å². The predicted octanol–water partition coefficient (Wildman–Crippen LogP) is 3.09. The summed E-state index contributed by atoms with van der Waals surface area (Å²) in [5.41, 5.74) is 5.26. The van der Waals surface area contributed by atoms with Gasteiger partial charge in [-0.1, -0.05) is 18.2 Å². The highest BCUT2D eigenvalue weighted by molar-refractivity contribution is 5.40. The van der Waals surface area contributed by atoms with E-state index in [0.717, 1.165) is 22.3 Å². The first-order chi connectivity index (χ1) is 8.11. The molecule has 0 fully saturated rings. The Morgan fingerprint density at radius 3 is 2.47 bits per heavy atom. The topological polar surface area (TPSA) is 33.1 Å². The highest BCUT2D eigenvalue weighted by Crippen LogP contribution is 2.27. The first-order valence-electron chi connectivity index (χ1n) is 5.76. The standard InChI is InChI=1S/C15H17NO/c1-10-5-4-6-14(12(10)3)15(17)13-7-8-16-9-11(13)2/h4-9,15,17H,1-3H3. The molecule has 1 unspecified atom stereocenters. The Balaban J connectivity index is 2.48. The van der Waals surface area contributed by atoms with Crippen molar-refractivity contribution in [3.8, 4) is 0 Å². The van der Waals surface area contributed by atoms with Crippen molar-refractivity contribution in [2.75, 3.05) is 0 Å². The Kier molecular flexibility index (Phi) is 3.25. The lowest BCUT2D eigenvalue weighted by Crippen LogP contribution is -2.05. The third-order valence-corrected chi connectivity index (χ3v) is 3.30. The summed E-state index contributed by atoms with van der Waals surface area (Å²) in [5.74, 6) is 0. The summed E-state index contributed by atoms with van der Waals surface area (Å²) < 4.78 is 0. The van der Waals surface area contributed by atoms with Crippen LogP contribution in [-0.4, -0.2) is 10.1 Å². The fraction of sp³-hybridized carbons (Fsp3) is 0.267. The summed E-state index contributed by atoms with van der Waals surface area (Å²) in [5, 5.41) is 10.5. The van der Waals surface area contributed by atoms with E-state index in [1.54, 1.807) is 12.4 Å². The maximum absolute atomic E-state index is 10.5. The number of aryl methyl sites for hydroxylation is 2. The minimum Gasteiger partial charge on any atom is -0.384 e. The molecule has 1 atom stereocenters. The zero-order valence-electron chi connectivity index (χ0n) is 10.4. The third-order valence-electron chi connectivity index (χ3n) is 3.30. The van der Waals surface area contributed by atoms with Crippen LogP contribution in [0.2, 0.25) is 0 Å². The van der Waals surface area contributed by atoms with E-state index in [1.807, 2.05) is 32.0 Å². The second kappa shape index (κ2) is 4.68. The van der Waals surface area contributed by atoms with E-state index in [2.05, 4.69) is 18.0 Å². The molecule has 17 heavy (non-hydrogen) atoms. The van der Waals surface area contributed by atoms with Crippen LogP contribution in [0, 0.1) is 20.8 Å². The van der Waals surface area contributed by atoms with Crippen LogP contribution in [0.15, 0.2) is 36.7 Å². The van der Waals surface area contributed by atoms with Gasteiger partial charge in [-0.2, -0.15) is 0 Å². The zero-order valence-corrected chi connectivity index (χ0v) is 10.4. The molecule has 1 heterocycles. The molecule has 0 aliphatic heterocycles. The van der Waals surface area contributed by atoms with Crippen LogP contribution in [0.1, 0.15) is 33.9 Å². The lowest BCUT2D eigenvalue weighted by Gasteiger charge is -2.17. The molecule has 2 aromatic rings. The Morgan fingerprint density at radius 1 is 1.00 bits per heavy atom. The fourth-order valence-electron chi connectivity index (χ4n) is 2.03. The van der Waals surface area contributed by atoms with Crippen LogP contribution in [0.4, 0.5) is 0 Å². The first kappa shape index (κ1) is 11.8. The molecule has 0 radical (unpaired) electrons. The molecule has 1 aromatic heterocycles. The quantitative estimate of drug-likeness (QED) is 0.855. The van der Waals surface area contributed by atoms with Gasteiger partial charge in [-0.15, -0.1) is 0 Å². The van der Waals surface area contributed by atoms with Crippen LogP contribution in [0.25, 0.3) is 0 Å². The van der Waals surface area contributed by atoms with Crippen molar-refractivity contribution in [3.05, 3.63) is 64.5 Å². The molecule has 0 spiro atoms. The molecule has 2 heteroatoms. The van der Waals surface area contributed by atoms with Crippen molar-refractivity contribution >= 4 is 0 Å². The molecular weight excluding hydrogens is 210 g/mol. The number of aliphatic hydroxyl groups excluding tert-OH is 1. The number of hydrogen-bond acceptors (Lipinski definition) is 2. The summed E-state index contributed by atoms with van der Waals surface area (Å²) >= 11 is 0. The van der Waals surface area contributed by atoms with E-state index in [4.69, 9.17) is 0 Å². The maximum Gasteiger partial charge on any atom is 0.105 e. The molecule has 0 saturated carbocycles. The van der Waals surface area contributed by atoms with E-state index in [-0.39, 0.29) is 0 Å². The lowest BCUT2D eigenvalue weighted by molar-refractivity contribution is 0.218. The van der Waals surface area contributed by atoms with E-state index in [1.165, 1.54) is 5.56 Å². The van der Waals surface area contributed by atoms with Gasteiger partial charge in [0.2, 0.25) is 0 Å². The molecule has 1 aromatic carbocycles. The Morgan fingerprint density at radius 2 is 1.76 bits per heavy atom. The monoisotopic (exact) mass is 227 g/mol. The van der Waals surface area contributed by atoms with Crippen LogP contribution in [-0.2, 0) is 0 Å². The number of aromatic nitrogens is 1. The van der Waals surface area contributed by atoms with Gasteiger partial charge in [-0.25, -0.2) is 0 Å². The maximum atomic E-state index is 10.5. The van der Waals surface area contributed by atoms with Gasteiger partial charge in [0.1, 0.15) is 6.10 Å². The van der Waals surface area contributed by atoms with Crippen molar-refractivity contribution in [1.29, 1.82) is 0 Å². The highest BCUT2D eigenvalue weighted by atomic mass is 16.3. The summed E-state index contributed by atoms with van der Waals surface area (Å²) in [7, 11) is 0.